The van der Waals surface area contributed by atoms with Gasteiger partial charge in [-0.15, -0.1) is 0 Å². The third-order valence-corrected chi connectivity index (χ3v) is 6.97. The number of hydrogen-bond acceptors (Lipinski definition) is 2. The normalized spacial score (nSPS) is 52.2. The number of rotatable bonds is 3. The monoisotopic (exact) mass is 277 g/mol. The summed E-state index contributed by atoms with van der Waals surface area (Å²) in [4.78, 5) is 0. The third kappa shape index (κ3) is 2.33. The van der Waals surface area contributed by atoms with Crippen LogP contribution in [-0.4, -0.2) is 24.8 Å². The van der Waals surface area contributed by atoms with E-state index in [2.05, 4.69) is 19.2 Å². The molecule has 2 nitrogen and oxygen atoms in total. The Morgan fingerprint density at radius 3 is 2.15 bits per heavy atom. The molecular formula is C18H31NO. The maximum atomic E-state index is 5.70. The summed E-state index contributed by atoms with van der Waals surface area (Å²) >= 11 is 0. The van der Waals surface area contributed by atoms with Crippen LogP contribution in [0.3, 0.4) is 0 Å². The molecule has 4 bridgehead atoms. The molecule has 5 fully saturated rings. The lowest BCUT2D eigenvalue weighted by molar-refractivity contribution is -0.0762. The van der Waals surface area contributed by atoms with E-state index >= 15 is 0 Å². The zero-order chi connectivity index (χ0) is 13.7. The van der Waals surface area contributed by atoms with Gasteiger partial charge in [-0.3, -0.25) is 0 Å². The lowest BCUT2D eigenvalue weighted by atomic mass is 9.48. The van der Waals surface area contributed by atoms with Gasteiger partial charge in [0.25, 0.3) is 0 Å². The Kier molecular flexibility index (Phi) is 3.38. The maximum Gasteiger partial charge on any atom is 0.0561 e. The lowest BCUT2D eigenvalue weighted by Gasteiger charge is -2.59. The summed E-state index contributed by atoms with van der Waals surface area (Å²) in [6.45, 7) is 5.67. The highest BCUT2D eigenvalue weighted by Crippen LogP contribution is 2.61. The van der Waals surface area contributed by atoms with Gasteiger partial charge in [0.1, 0.15) is 0 Å². The number of nitrogens with one attached hydrogen (secondary N) is 1. The van der Waals surface area contributed by atoms with Gasteiger partial charge in [-0.25, -0.2) is 0 Å². The molecule has 0 aromatic carbocycles. The molecule has 0 amide bonds. The summed E-state index contributed by atoms with van der Waals surface area (Å²) in [6, 6.07) is 1.41. The Morgan fingerprint density at radius 2 is 1.60 bits per heavy atom. The zero-order valence-electron chi connectivity index (χ0n) is 13.2. The first-order chi connectivity index (χ1) is 9.63. The van der Waals surface area contributed by atoms with E-state index in [0.29, 0.717) is 23.6 Å². The Hall–Kier alpha value is -0.0800. The molecule has 0 radical (unpaired) electrons. The third-order valence-electron chi connectivity index (χ3n) is 6.97. The molecule has 0 aromatic rings. The smallest absolute Gasteiger partial charge is 0.0561 e. The largest absolute Gasteiger partial charge is 0.378 e. The van der Waals surface area contributed by atoms with Crippen LogP contribution in [0, 0.1) is 23.2 Å². The molecule has 0 aromatic heterocycles. The average Bonchev–Trinajstić information content (AvgIpc) is 2.37. The fraction of sp³-hybridized carbons (Fsp3) is 1.00. The lowest BCUT2D eigenvalue weighted by Crippen LogP contribution is -2.57. The summed E-state index contributed by atoms with van der Waals surface area (Å²) in [5, 5.41) is 4.03. The Balaban J connectivity index is 1.44. The van der Waals surface area contributed by atoms with E-state index in [1.807, 2.05) is 0 Å². The second kappa shape index (κ2) is 4.98. The van der Waals surface area contributed by atoms with Gasteiger partial charge in [-0.2, -0.15) is 0 Å². The van der Waals surface area contributed by atoms with Crippen LogP contribution in [0.1, 0.15) is 65.2 Å². The molecule has 1 saturated heterocycles. The van der Waals surface area contributed by atoms with E-state index in [-0.39, 0.29) is 0 Å². The summed E-state index contributed by atoms with van der Waals surface area (Å²) in [6.07, 6.45) is 12.1. The first-order valence-electron chi connectivity index (χ1n) is 9.00. The molecule has 3 atom stereocenters. The van der Waals surface area contributed by atoms with E-state index in [1.54, 1.807) is 19.3 Å². The van der Waals surface area contributed by atoms with Gasteiger partial charge in [0.2, 0.25) is 0 Å². The van der Waals surface area contributed by atoms with Crippen molar-refractivity contribution in [3.63, 3.8) is 0 Å². The van der Waals surface area contributed by atoms with Crippen molar-refractivity contribution in [3.8, 4) is 0 Å². The summed E-state index contributed by atoms with van der Waals surface area (Å²) in [5.41, 5.74) is 0.649. The van der Waals surface area contributed by atoms with Crippen LogP contribution in [0.15, 0.2) is 0 Å². The van der Waals surface area contributed by atoms with E-state index in [9.17, 15) is 0 Å². The fourth-order valence-electron chi connectivity index (χ4n) is 6.39. The SMILES string of the molecule is CC1CC(NC(C)C23CC4CC(CC(C4)C2)C3)CCO1. The highest BCUT2D eigenvalue weighted by Gasteiger charge is 2.53. The standard InChI is InChI=1S/C18H31NO/c1-12-5-17(3-4-20-12)19-13(2)18-9-14-6-15(10-18)8-16(7-14)11-18/h12-17,19H,3-11H2,1-2H3. The molecule has 0 spiro atoms. The molecule has 1 aliphatic heterocycles. The summed E-state index contributed by atoms with van der Waals surface area (Å²) < 4.78 is 5.70. The minimum absolute atomic E-state index is 0.449. The van der Waals surface area contributed by atoms with Crippen LogP contribution in [0.4, 0.5) is 0 Å². The van der Waals surface area contributed by atoms with Crippen LogP contribution in [0.5, 0.6) is 0 Å². The van der Waals surface area contributed by atoms with Crippen LogP contribution in [-0.2, 0) is 4.74 Å². The predicted molar refractivity (Wildman–Crippen MR) is 81.6 cm³/mol. The first-order valence-corrected chi connectivity index (χ1v) is 9.00. The first kappa shape index (κ1) is 13.6. The summed E-state index contributed by atoms with van der Waals surface area (Å²) in [5.74, 6) is 3.21. The van der Waals surface area contributed by atoms with Crippen molar-refractivity contribution in [1.82, 2.24) is 5.32 Å². The minimum atomic E-state index is 0.449. The second-order valence-corrected chi connectivity index (χ2v) is 8.57. The zero-order valence-corrected chi connectivity index (χ0v) is 13.2. The highest BCUT2D eigenvalue weighted by molar-refractivity contribution is 5.05. The minimum Gasteiger partial charge on any atom is -0.378 e. The van der Waals surface area contributed by atoms with E-state index in [1.165, 1.54) is 32.1 Å². The molecule has 5 aliphatic rings. The van der Waals surface area contributed by atoms with Gasteiger partial charge >= 0.3 is 0 Å². The van der Waals surface area contributed by atoms with Gasteiger partial charge in [-0.05, 0) is 88.4 Å². The van der Waals surface area contributed by atoms with Gasteiger partial charge in [0, 0.05) is 18.7 Å². The van der Waals surface area contributed by atoms with Gasteiger partial charge < -0.3 is 10.1 Å². The Labute approximate surface area is 124 Å². The fourth-order valence-corrected chi connectivity index (χ4v) is 6.39. The van der Waals surface area contributed by atoms with Crippen molar-refractivity contribution < 1.29 is 4.74 Å². The topological polar surface area (TPSA) is 21.3 Å². The van der Waals surface area contributed by atoms with Crippen LogP contribution in [0.25, 0.3) is 0 Å². The van der Waals surface area contributed by atoms with E-state index in [4.69, 9.17) is 4.74 Å². The molecule has 5 rings (SSSR count). The van der Waals surface area contributed by atoms with E-state index < -0.39 is 0 Å². The molecule has 3 unspecified atom stereocenters. The van der Waals surface area contributed by atoms with Gasteiger partial charge in [0.15, 0.2) is 0 Å². The van der Waals surface area contributed by atoms with Crippen LogP contribution >= 0.6 is 0 Å². The number of hydrogen-bond donors (Lipinski definition) is 1. The molecule has 4 saturated carbocycles. The molecule has 20 heavy (non-hydrogen) atoms. The van der Waals surface area contributed by atoms with Crippen molar-refractivity contribution in [2.75, 3.05) is 6.61 Å². The van der Waals surface area contributed by atoms with Gasteiger partial charge in [-0.1, -0.05) is 0 Å². The van der Waals surface area contributed by atoms with Crippen molar-refractivity contribution in [1.29, 1.82) is 0 Å². The van der Waals surface area contributed by atoms with E-state index in [0.717, 1.165) is 24.4 Å². The molecular weight excluding hydrogens is 246 g/mol. The molecule has 1 heterocycles. The van der Waals surface area contributed by atoms with Crippen molar-refractivity contribution >= 4 is 0 Å². The maximum absolute atomic E-state index is 5.70. The van der Waals surface area contributed by atoms with Crippen LogP contribution in [0.2, 0.25) is 0 Å². The Bertz CT molecular complexity index is 331. The molecule has 4 aliphatic carbocycles. The van der Waals surface area contributed by atoms with Crippen molar-refractivity contribution in [2.45, 2.75) is 83.4 Å². The Morgan fingerprint density at radius 1 is 1.00 bits per heavy atom. The van der Waals surface area contributed by atoms with Crippen molar-refractivity contribution in [3.05, 3.63) is 0 Å². The predicted octanol–water partition coefficient (Wildman–Crippen LogP) is 3.75. The summed E-state index contributed by atoms with van der Waals surface area (Å²) in [7, 11) is 0. The molecule has 1 N–H and O–H groups in total. The quantitative estimate of drug-likeness (QED) is 0.848. The van der Waals surface area contributed by atoms with Crippen LogP contribution < -0.4 is 5.32 Å². The molecule has 2 heteroatoms. The van der Waals surface area contributed by atoms with Gasteiger partial charge in [0.05, 0.1) is 6.10 Å². The molecule has 114 valence electrons. The second-order valence-electron chi connectivity index (χ2n) is 8.57. The average molecular weight is 277 g/mol. The number of ether oxygens (including phenoxy) is 1. The highest BCUT2D eigenvalue weighted by atomic mass is 16.5. The van der Waals surface area contributed by atoms with Crippen molar-refractivity contribution in [2.24, 2.45) is 23.2 Å².